The third-order valence-electron chi connectivity index (χ3n) is 1.63. The van der Waals surface area contributed by atoms with Crippen LogP contribution in [0.15, 0.2) is 12.1 Å². The first kappa shape index (κ1) is 9.74. The van der Waals surface area contributed by atoms with Crippen molar-refractivity contribution in [3.8, 4) is 5.75 Å². The first-order chi connectivity index (χ1) is 6.24. The van der Waals surface area contributed by atoms with Gasteiger partial charge in [0.15, 0.2) is 12.6 Å². The summed E-state index contributed by atoms with van der Waals surface area (Å²) in [6.07, 6.45) is 1.16. The summed E-state index contributed by atoms with van der Waals surface area (Å²) in [6.45, 7) is 0. The number of hydrogen-bond donors (Lipinski definition) is 0. The van der Waals surface area contributed by atoms with E-state index < -0.39 is 0 Å². The second kappa shape index (κ2) is 4.05. The van der Waals surface area contributed by atoms with Crippen LogP contribution >= 0.6 is 11.6 Å². The van der Waals surface area contributed by atoms with Crippen molar-refractivity contribution in [2.75, 3.05) is 7.11 Å². The molecule has 0 fully saturated rings. The Morgan fingerprint density at radius 1 is 1.31 bits per heavy atom. The van der Waals surface area contributed by atoms with Gasteiger partial charge in [0.1, 0.15) is 5.75 Å². The lowest BCUT2D eigenvalue weighted by Gasteiger charge is -2.05. The second-order valence-corrected chi connectivity index (χ2v) is 2.70. The minimum Gasteiger partial charge on any atom is -0.496 e. The lowest BCUT2D eigenvalue weighted by atomic mass is 10.1. The standard InChI is InChI=1S/C9H7ClO3/c1-13-8-3-2-6(4-11)9(10)7(8)5-12/h2-5H,1H3. The van der Waals surface area contributed by atoms with Gasteiger partial charge in [-0.3, -0.25) is 9.59 Å². The molecule has 0 saturated carbocycles. The van der Waals surface area contributed by atoms with Crippen LogP contribution in [0.3, 0.4) is 0 Å². The molecule has 1 aromatic rings. The van der Waals surface area contributed by atoms with Gasteiger partial charge >= 0.3 is 0 Å². The number of methoxy groups -OCH3 is 1. The molecule has 0 N–H and O–H groups in total. The molecule has 1 rings (SSSR count). The molecule has 1 aromatic carbocycles. The Labute approximate surface area is 80.3 Å². The van der Waals surface area contributed by atoms with Crippen LogP contribution in [0.1, 0.15) is 20.7 Å². The molecule has 0 spiro atoms. The van der Waals surface area contributed by atoms with Gasteiger partial charge in [-0.05, 0) is 12.1 Å². The van der Waals surface area contributed by atoms with Crippen molar-refractivity contribution < 1.29 is 14.3 Å². The predicted octanol–water partition coefficient (Wildman–Crippen LogP) is 1.97. The third kappa shape index (κ3) is 1.70. The van der Waals surface area contributed by atoms with E-state index in [1.54, 1.807) is 0 Å². The molecule has 13 heavy (non-hydrogen) atoms. The average Bonchev–Trinajstić information content (AvgIpc) is 2.17. The van der Waals surface area contributed by atoms with Crippen LogP contribution in [0, 0.1) is 0 Å². The predicted molar refractivity (Wildman–Crippen MR) is 48.8 cm³/mol. The molecule has 0 radical (unpaired) electrons. The van der Waals surface area contributed by atoms with Gasteiger partial charge < -0.3 is 4.74 Å². The molecule has 0 aliphatic rings. The summed E-state index contributed by atoms with van der Waals surface area (Å²) in [7, 11) is 1.43. The maximum atomic E-state index is 10.6. The Hall–Kier alpha value is -1.35. The Morgan fingerprint density at radius 2 is 2.00 bits per heavy atom. The Balaban J connectivity index is 3.39. The summed E-state index contributed by atoms with van der Waals surface area (Å²) in [6, 6.07) is 3.03. The van der Waals surface area contributed by atoms with Gasteiger partial charge in [0, 0.05) is 5.56 Å². The summed E-state index contributed by atoms with van der Waals surface area (Å²) in [4.78, 5) is 21.0. The molecule has 0 heterocycles. The van der Waals surface area contributed by atoms with E-state index in [1.165, 1.54) is 19.2 Å². The van der Waals surface area contributed by atoms with E-state index in [2.05, 4.69) is 0 Å². The van der Waals surface area contributed by atoms with Crippen molar-refractivity contribution >= 4 is 24.2 Å². The summed E-state index contributed by atoms with van der Waals surface area (Å²) in [5, 5.41) is 0.129. The van der Waals surface area contributed by atoms with Crippen LogP contribution in [-0.4, -0.2) is 19.7 Å². The summed E-state index contributed by atoms with van der Waals surface area (Å²) < 4.78 is 4.88. The van der Waals surface area contributed by atoms with Gasteiger partial charge in [-0.2, -0.15) is 0 Å². The number of carbonyl (C=O) groups is 2. The highest BCUT2D eigenvalue weighted by molar-refractivity contribution is 6.35. The molecule has 0 aliphatic carbocycles. The molecule has 0 saturated heterocycles. The molecule has 0 aliphatic heterocycles. The van der Waals surface area contributed by atoms with E-state index in [-0.39, 0.29) is 16.1 Å². The van der Waals surface area contributed by atoms with Crippen molar-refractivity contribution in [2.24, 2.45) is 0 Å². The molecule has 4 heteroatoms. The fourth-order valence-corrected chi connectivity index (χ4v) is 1.22. The number of ether oxygens (including phenoxy) is 1. The highest BCUT2D eigenvalue weighted by atomic mass is 35.5. The zero-order valence-electron chi connectivity index (χ0n) is 6.91. The van der Waals surface area contributed by atoms with E-state index in [0.717, 1.165) is 0 Å². The van der Waals surface area contributed by atoms with E-state index in [4.69, 9.17) is 16.3 Å². The Kier molecular flexibility index (Phi) is 3.03. The van der Waals surface area contributed by atoms with E-state index in [9.17, 15) is 9.59 Å². The van der Waals surface area contributed by atoms with Gasteiger partial charge in [-0.25, -0.2) is 0 Å². The number of aldehydes is 2. The van der Waals surface area contributed by atoms with Crippen molar-refractivity contribution in [3.05, 3.63) is 28.3 Å². The minimum absolute atomic E-state index is 0.129. The van der Waals surface area contributed by atoms with Crippen molar-refractivity contribution in [2.45, 2.75) is 0 Å². The molecular weight excluding hydrogens is 192 g/mol. The summed E-state index contributed by atoms with van der Waals surface area (Å²) in [5.74, 6) is 0.366. The van der Waals surface area contributed by atoms with Crippen LogP contribution in [0.25, 0.3) is 0 Å². The number of rotatable bonds is 3. The van der Waals surface area contributed by atoms with Gasteiger partial charge in [-0.1, -0.05) is 11.6 Å². The topological polar surface area (TPSA) is 43.4 Å². The summed E-state index contributed by atoms with van der Waals surface area (Å²) in [5.41, 5.74) is 0.485. The SMILES string of the molecule is COc1ccc(C=O)c(Cl)c1C=O. The average molecular weight is 199 g/mol. The van der Waals surface area contributed by atoms with E-state index >= 15 is 0 Å². The van der Waals surface area contributed by atoms with Crippen LogP contribution in [0.5, 0.6) is 5.75 Å². The van der Waals surface area contributed by atoms with Crippen LogP contribution in [0.4, 0.5) is 0 Å². The van der Waals surface area contributed by atoms with Crippen molar-refractivity contribution in [1.82, 2.24) is 0 Å². The number of benzene rings is 1. The minimum atomic E-state index is 0.129. The zero-order chi connectivity index (χ0) is 9.84. The van der Waals surface area contributed by atoms with E-state index in [1.807, 2.05) is 0 Å². The lowest BCUT2D eigenvalue weighted by molar-refractivity contribution is 0.112. The number of carbonyl (C=O) groups excluding carboxylic acids is 2. The smallest absolute Gasteiger partial charge is 0.155 e. The monoisotopic (exact) mass is 198 g/mol. The fraction of sp³-hybridized carbons (Fsp3) is 0.111. The van der Waals surface area contributed by atoms with Gasteiger partial charge in [0.25, 0.3) is 0 Å². The van der Waals surface area contributed by atoms with Crippen LogP contribution < -0.4 is 4.74 Å². The molecule has 68 valence electrons. The van der Waals surface area contributed by atoms with Crippen molar-refractivity contribution in [3.63, 3.8) is 0 Å². The first-order valence-corrected chi connectivity index (χ1v) is 3.89. The maximum Gasteiger partial charge on any atom is 0.155 e. The van der Waals surface area contributed by atoms with Gasteiger partial charge in [-0.15, -0.1) is 0 Å². The largest absolute Gasteiger partial charge is 0.496 e. The van der Waals surface area contributed by atoms with Crippen LogP contribution in [0.2, 0.25) is 5.02 Å². The third-order valence-corrected chi connectivity index (χ3v) is 2.06. The zero-order valence-corrected chi connectivity index (χ0v) is 7.67. The highest BCUT2D eigenvalue weighted by Gasteiger charge is 2.10. The highest BCUT2D eigenvalue weighted by Crippen LogP contribution is 2.27. The molecular formula is C9H7ClO3. The normalized spacial score (nSPS) is 9.38. The maximum absolute atomic E-state index is 10.6. The molecule has 0 amide bonds. The first-order valence-electron chi connectivity index (χ1n) is 3.51. The lowest BCUT2D eigenvalue weighted by Crippen LogP contribution is -1.94. The van der Waals surface area contributed by atoms with E-state index in [0.29, 0.717) is 18.3 Å². The van der Waals surface area contributed by atoms with Gasteiger partial charge in [0.2, 0.25) is 0 Å². The molecule has 0 aromatic heterocycles. The fourth-order valence-electron chi connectivity index (χ4n) is 0.971. The van der Waals surface area contributed by atoms with Gasteiger partial charge in [0.05, 0.1) is 17.7 Å². The molecule has 0 unspecified atom stereocenters. The molecule has 3 nitrogen and oxygen atoms in total. The Morgan fingerprint density at radius 3 is 2.46 bits per heavy atom. The molecule has 0 atom stereocenters. The number of hydrogen-bond acceptors (Lipinski definition) is 3. The van der Waals surface area contributed by atoms with Crippen LogP contribution in [-0.2, 0) is 0 Å². The quantitative estimate of drug-likeness (QED) is 0.698. The number of halogens is 1. The second-order valence-electron chi connectivity index (χ2n) is 2.32. The van der Waals surface area contributed by atoms with Crippen molar-refractivity contribution in [1.29, 1.82) is 0 Å². The molecule has 0 bridgehead atoms. The summed E-state index contributed by atoms with van der Waals surface area (Å²) >= 11 is 5.75. The Bertz CT molecular complexity index is 347.